The summed E-state index contributed by atoms with van der Waals surface area (Å²) >= 11 is 0. The lowest BCUT2D eigenvalue weighted by Gasteiger charge is -2.52. The number of nitrogens with zero attached hydrogens (tertiary/aromatic N) is 4. The minimum absolute atomic E-state index is 0.119. The number of carbonyl (C=O) groups excluding carboxylic acids is 1. The molecule has 2 aromatic rings. The monoisotopic (exact) mass is 372 g/mol. The molecule has 2 aromatic heterocycles. The molecule has 0 N–H and O–H groups in total. The van der Waals surface area contributed by atoms with Crippen LogP contribution in [0.1, 0.15) is 41.2 Å². The van der Waals surface area contributed by atoms with Crippen molar-refractivity contribution in [1.82, 2.24) is 20.0 Å². The fourth-order valence-electron chi connectivity index (χ4n) is 3.82. The van der Waals surface area contributed by atoms with Gasteiger partial charge < -0.3 is 18.9 Å². The molecule has 0 aromatic carbocycles. The van der Waals surface area contributed by atoms with E-state index in [2.05, 4.69) is 15.1 Å². The van der Waals surface area contributed by atoms with Crippen molar-refractivity contribution in [1.29, 1.82) is 0 Å². The lowest BCUT2D eigenvalue weighted by Crippen LogP contribution is -2.66. The standard InChI is InChI=1S/C19H24N4O4/c1-13-3-6-20-18(21-13)25-7-4-15-5-8-26-19(10-15)11-23(12-19)17(24)16-9-14(2)22-27-16/h3,6,9,15H,4-5,7-8,10-12H2,1-2H3. The average molecular weight is 372 g/mol. The zero-order valence-corrected chi connectivity index (χ0v) is 15.7. The van der Waals surface area contributed by atoms with Crippen LogP contribution < -0.4 is 4.74 Å². The SMILES string of the molecule is Cc1cc(C(=O)N2CC3(CC(CCOc4nccc(C)n4)CCO3)C2)on1. The first-order chi connectivity index (χ1) is 13.0. The van der Waals surface area contributed by atoms with Gasteiger partial charge in [0.1, 0.15) is 5.60 Å². The van der Waals surface area contributed by atoms with Crippen LogP contribution in [0.4, 0.5) is 0 Å². The smallest absolute Gasteiger partial charge is 0.316 e. The molecule has 27 heavy (non-hydrogen) atoms. The maximum absolute atomic E-state index is 12.4. The first-order valence-electron chi connectivity index (χ1n) is 9.32. The topological polar surface area (TPSA) is 90.6 Å². The normalized spacial score (nSPS) is 21.1. The van der Waals surface area contributed by atoms with Gasteiger partial charge in [0, 0.05) is 24.6 Å². The summed E-state index contributed by atoms with van der Waals surface area (Å²) in [6, 6.07) is 3.95. The summed E-state index contributed by atoms with van der Waals surface area (Å²) in [5, 5.41) is 3.78. The van der Waals surface area contributed by atoms with E-state index in [1.54, 1.807) is 24.1 Å². The van der Waals surface area contributed by atoms with E-state index >= 15 is 0 Å². The van der Waals surface area contributed by atoms with Crippen LogP contribution in [0.25, 0.3) is 0 Å². The first-order valence-corrected chi connectivity index (χ1v) is 9.32. The Balaban J connectivity index is 1.26. The van der Waals surface area contributed by atoms with Crippen molar-refractivity contribution in [3.05, 3.63) is 35.5 Å². The van der Waals surface area contributed by atoms with Crippen LogP contribution in [0.5, 0.6) is 6.01 Å². The number of amides is 1. The lowest BCUT2D eigenvalue weighted by atomic mass is 9.79. The van der Waals surface area contributed by atoms with Gasteiger partial charge in [0.05, 0.1) is 25.4 Å². The predicted octanol–water partition coefficient (Wildman–Crippen LogP) is 2.17. The predicted molar refractivity (Wildman–Crippen MR) is 95.4 cm³/mol. The second-order valence-corrected chi connectivity index (χ2v) is 7.50. The average Bonchev–Trinajstić information content (AvgIpc) is 3.06. The highest BCUT2D eigenvalue weighted by Gasteiger charge is 2.49. The van der Waals surface area contributed by atoms with Crippen LogP contribution in [0.3, 0.4) is 0 Å². The Morgan fingerprint density at radius 3 is 2.96 bits per heavy atom. The van der Waals surface area contributed by atoms with E-state index in [9.17, 15) is 4.79 Å². The highest BCUT2D eigenvalue weighted by Crippen LogP contribution is 2.38. The Kier molecular flexibility index (Phi) is 4.82. The van der Waals surface area contributed by atoms with Crippen LogP contribution >= 0.6 is 0 Å². The van der Waals surface area contributed by atoms with Crippen LogP contribution in [0.15, 0.2) is 22.9 Å². The second kappa shape index (κ2) is 7.26. The van der Waals surface area contributed by atoms with E-state index in [1.165, 1.54) is 0 Å². The number of rotatable bonds is 5. The molecule has 0 saturated carbocycles. The van der Waals surface area contributed by atoms with Crippen LogP contribution in [-0.4, -0.2) is 57.8 Å². The fourth-order valence-corrected chi connectivity index (χ4v) is 3.82. The van der Waals surface area contributed by atoms with Gasteiger partial charge in [0.2, 0.25) is 5.76 Å². The van der Waals surface area contributed by atoms with Gasteiger partial charge in [-0.1, -0.05) is 5.16 Å². The molecular formula is C19H24N4O4. The van der Waals surface area contributed by atoms with Gasteiger partial charge in [-0.05, 0) is 45.1 Å². The Labute approximate surface area is 157 Å². The van der Waals surface area contributed by atoms with E-state index in [0.717, 1.165) is 31.6 Å². The molecule has 2 saturated heterocycles. The summed E-state index contributed by atoms with van der Waals surface area (Å²) in [6.45, 7) is 6.23. The molecule has 2 fully saturated rings. The molecule has 2 aliphatic rings. The van der Waals surface area contributed by atoms with Crippen molar-refractivity contribution in [2.45, 2.75) is 38.7 Å². The first kappa shape index (κ1) is 17.9. The van der Waals surface area contributed by atoms with Crippen molar-refractivity contribution in [3.8, 4) is 6.01 Å². The molecule has 1 unspecified atom stereocenters. The molecule has 2 aliphatic heterocycles. The third-order valence-corrected chi connectivity index (χ3v) is 5.21. The number of carbonyl (C=O) groups is 1. The summed E-state index contributed by atoms with van der Waals surface area (Å²) in [6.07, 6.45) is 4.58. The zero-order valence-electron chi connectivity index (χ0n) is 15.7. The van der Waals surface area contributed by atoms with Gasteiger partial charge in [-0.25, -0.2) is 9.97 Å². The summed E-state index contributed by atoms with van der Waals surface area (Å²) in [5.74, 6) is 0.682. The summed E-state index contributed by atoms with van der Waals surface area (Å²) < 4.78 is 16.8. The van der Waals surface area contributed by atoms with E-state index in [-0.39, 0.29) is 11.5 Å². The van der Waals surface area contributed by atoms with Crippen LogP contribution in [-0.2, 0) is 4.74 Å². The number of aromatic nitrogens is 3. The van der Waals surface area contributed by atoms with Gasteiger partial charge in [-0.3, -0.25) is 4.79 Å². The zero-order chi connectivity index (χ0) is 18.9. The molecule has 1 atom stereocenters. The third-order valence-electron chi connectivity index (χ3n) is 5.21. The number of hydrogen-bond acceptors (Lipinski definition) is 7. The molecule has 0 aliphatic carbocycles. The minimum atomic E-state index is -0.229. The molecule has 4 rings (SSSR count). The molecule has 0 radical (unpaired) electrons. The van der Waals surface area contributed by atoms with Crippen molar-refractivity contribution in [3.63, 3.8) is 0 Å². The Bertz CT molecular complexity index is 816. The van der Waals surface area contributed by atoms with E-state index < -0.39 is 0 Å². The van der Waals surface area contributed by atoms with Gasteiger partial charge in [0.25, 0.3) is 5.91 Å². The Hall–Kier alpha value is -2.48. The summed E-state index contributed by atoms with van der Waals surface area (Å²) in [7, 11) is 0. The second-order valence-electron chi connectivity index (χ2n) is 7.50. The van der Waals surface area contributed by atoms with Crippen molar-refractivity contribution in [2.24, 2.45) is 5.92 Å². The molecule has 4 heterocycles. The van der Waals surface area contributed by atoms with Crippen LogP contribution in [0.2, 0.25) is 0 Å². The van der Waals surface area contributed by atoms with Crippen LogP contribution in [0, 0.1) is 19.8 Å². The van der Waals surface area contributed by atoms with Crippen molar-refractivity contribution < 1.29 is 18.8 Å². The maximum Gasteiger partial charge on any atom is 0.316 e. The molecular weight excluding hydrogens is 348 g/mol. The molecule has 8 nitrogen and oxygen atoms in total. The highest BCUT2D eigenvalue weighted by atomic mass is 16.5. The van der Waals surface area contributed by atoms with E-state index in [0.29, 0.717) is 43.1 Å². The summed E-state index contributed by atoms with van der Waals surface area (Å²) in [5.41, 5.74) is 1.37. The minimum Gasteiger partial charge on any atom is -0.463 e. The molecule has 144 valence electrons. The lowest BCUT2D eigenvalue weighted by molar-refractivity contribution is -0.167. The Morgan fingerprint density at radius 2 is 2.22 bits per heavy atom. The highest BCUT2D eigenvalue weighted by molar-refractivity contribution is 5.92. The molecule has 0 bridgehead atoms. The van der Waals surface area contributed by atoms with Gasteiger partial charge >= 0.3 is 6.01 Å². The third kappa shape index (κ3) is 3.95. The maximum atomic E-state index is 12.4. The number of aryl methyl sites for hydroxylation is 2. The number of ether oxygens (including phenoxy) is 2. The Morgan fingerprint density at radius 1 is 1.37 bits per heavy atom. The van der Waals surface area contributed by atoms with E-state index in [4.69, 9.17) is 14.0 Å². The fraction of sp³-hybridized carbons (Fsp3) is 0.579. The van der Waals surface area contributed by atoms with E-state index in [1.807, 2.05) is 13.0 Å². The molecule has 1 amide bonds. The largest absolute Gasteiger partial charge is 0.463 e. The number of hydrogen-bond donors (Lipinski definition) is 0. The van der Waals surface area contributed by atoms with Crippen molar-refractivity contribution >= 4 is 5.91 Å². The number of likely N-dealkylation sites (tertiary alicyclic amines) is 1. The molecule has 1 spiro atoms. The summed E-state index contributed by atoms with van der Waals surface area (Å²) in [4.78, 5) is 22.5. The molecule has 8 heteroatoms. The van der Waals surface area contributed by atoms with Crippen molar-refractivity contribution in [2.75, 3.05) is 26.3 Å². The quantitative estimate of drug-likeness (QED) is 0.794. The van der Waals surface area contributed by atoms with Gasteiger partial charge in [-0.2, -0.15) is 0 Å². The van der Waals surface area contributed by atoms with Gasteiger partial charge in [-0.15, -0.1) is 0 Å². The van der Waals surface area contributed by atoms with Gasteiger partial charge in [0.15, 0.2) is 0 Å².